The van der Waals surface area contributed by atoms with Gasteiger partial charge in [-0.25, -0.2) is 14.6 Å². The minimum atomic E-state index is -0.419. The molecule has 0 aliphatic carbocycles. The lowest BCUT2D eigenvalue weighted by Crippen LogP contribution is -2.41. The minimum Gasteiger partial charge on any atom is -0.493 e. The highest BCUT2D eigenvalue weighted by molar-refractivity contribution is 7.15. The zero-order chi connectivity index (χ0) is 22.0. The van der Waals surface area contributed by atoms with E-state index in [-0.39, 0.29) is 17.2 Å². The Hall–Kier alpha value is -2.23. The molecule has 0 bridgehead atoms. The van der Waals surface area contributed by atoms with Gasteiger partial charge in [0, 0.05) is 22.9 Å². The average Bonchev–Trinajstić information content (AvgIpc) is 3.36. The molecule has 0 radical (unpaired) electrons. The van der Waals surface area contributed by atoms with E-state index in [9.17, 15) is 0 Å². The normalized spacial score (nSPS) is 19.1. The molecule has 9 heteroatoms. The van der Waals surface area contributed by atoms with E-state index >= 15 is 0 Å². The Morgan fingerprint density at radius 3 is 2.58 bits per heavy atom. The molecular weight excluding hydrogens is 411 g/mol. The van der Waals surface area contributed by atoms with Crippen LogP contribution in [0.25, 0.3) is 22.1 Å². The molecule has 7 nitrogen and oxygen atoms in total. The smallest absolute Gasteiger partial charge is 0.493 e. The summed E-state index contributed by atoms with van der Waals surface area (Å²) in [5.41, 5.74) is 2.15. The van der Waals surface area contributed by atoms with E-state index in [4.69, 9.17) is 19.0 Å². The summed E-state index contributed by atoms with van der Waals surface area (Å²) >= 11 is 1.67. The lowest BCUT2D eigenvalue weighted by molar-refractivity contribution is 0.00578. The monoisotopic (exact) mass is 438 g/mol. The van der Waals surface area contributed by atoms with Crippen LogP contribution in [-0.2, 0) is 15.7 Å². The first kappa shape index (κ1) is 20.7. The zero-order valence-electron chi connectivity index (χ0n) is 18.8. The summed E-state index contributed by atoms with van der Waals surface area (Å²) in [7, 11) is -0.419. The fraction of sp³-hybridized carbons (Fsp3) is 0.500. The van der Waals surface area contributed by atoms with Gasteiger partial charge in [0.15, 0.2) is 10.8 Å². The molecule has 0 unspecified atom stereocenters. The van der Waals surface area contributed by atoms with Gasteiger partial charge in [0.05, 0.1) is 23.5 Å². The van der Waals surface area contributed by atoms with Crippen molar-refractivity contribution >= 4 is 23.9 Å². The number of thiazole rings is 1. The van der Waals surface area contributed by atoms with Crippen molar-refractivity contribution in [3.8, 4) is 27.8 Å². The van der Waals surface area contributed by atoms with Crippen molar-refractivity contribution in [2.45, 2.75) is 65.2 Å². The molecule has 2 aromatic heterocycles. The fourth-order valence-corrected chi connectivity index (χ4v) is 4.89. The molecular formula is C22H27BN4O3S. The molecule has 0 saturated carbocycles. The molecule has 5 rings (SSSR count). The fourth-order valence-electron chi connectivity index (χ4n) is 3.84. The standard InChI is InChI=1S/C22H27BN4O3S/c1-13(2)27-19(24-12-25-27)20-26-18-15-8-7-14(11-16(15)28-10-9-17(18)31-20)23-29-21(3,4)22(5,6)30-23/h7-8,11-13H,9-10H2,1-6H3. The molecule has 162 valence electrons. The number of ether oxygens (including phenoxy) is 1. The number of nitrogens with zero attached hydrogens (tertiary/aromatic N) is 4. The van der Waals surface area contributed by atoms with Crippen LogP contribution in [0.4, 0.5) is 0 Å². The van der Waals surface area contributed by atoms with Crippen molar-refractivity contribution in [3.63, 3.8) is 0 Å². The van der Waals surface area contributed by atoms with E-state index < -0.39 is 7.12 Å². The molecule has 1 fully saturated rings. The van der Waals surface area contributed by atoms with Crippen LogP contribution in [0.2, 0.25) is 0 Å². The van der Waals surface area contributed by atoms with Gasteiger partial charge in [-0.3, -0.25) is 0 Å². The van der Waals surface area contributed by atoms with Gasteiger partial charge in [-0.15, -0.1) is 11.3 Å². The van der Waals surface area contributed by atoms with Crippen LogP contribution in [0, 0.1) is 0 Å². The van der Waals surface area contributed by atoms with Crippen LogP contribution in [0.1, 0.15) is 52.5 Å². The van der Waals surface area contributed by atoms with Gasteiger partial charge in [0.25, 0.3) is 0 Å². The summed E-state index contributed by atoms with van der Waals surface area (Å²) < 4.78 is 20.5. The number of hydrogen-bond acceptors (Lipinski definition) is 7. The molecule has 0 atom stereocenters. The van der Waals surface area contributed by atoms with Crippen LogP contribution < -0.4 is 10.2 Å². The highest BCUT2D eigenvalue weighted by Gasteiger charge is 2.51. The lowest BCUT2D eigenvalue weighted by Gasteiger charge is -2.32. The highest BCUT2D eigenvalue weighted by atomic mass is 32.1. The quantitative estimate of drug-likeness (QED) is 0.578. The van der Waals surface area contributed by atoms with Crippen LogP contribution in [0.5, 0.6) is 5.75 Å². The van der Waals surface area contributed by atoms with E-state index in [0.717, 1.165) is 39.7 Å². The third-order valence-corrected chi connectivity index (χ3v) is 7.43. The minimum absolute atomic E-state index is 0.222. The van der Waals surface area contributed by atoms with Gasteiger partial charge in [0.2, 0.25) is 0 Å². The van der Waals surface area contributed by atoms with Crippen LogP contribution in [0.3, 0.4) is 0 Å². The SMILES string of the molecule is CC(C)n1ncnc1-c1nc2c(s1)CCOc1cc(B3OC(C)(C)C(C)(C)O3)ccc1-2. The van der Waals surface area contributed by atoms with E-state index in [1.54, 1.807) is 17.7 Å². The average molecular weight is 438 g/mol. The molecule has 2 aliphatic heterocycles. The van der Waals surface area contributed by atoms with E-state index in [0.29, 0.717) is 6.61 Å². The number of benzene rings is 1. The Morgan fingerprint density at radius 2 is 1.87 bits per heavy atom. The van der Waals surface area contributed by atoms with Crippen molar-refractivity contribution in [1.82, 2.24) is 19.7 Å². The van der Waals surface area contributed by atoms with Gasteiger partial charge >= 0.3 is 7.12 Å². The maximum absolute atomic E-state index is 6.22. The van der Waals surface area contributed by atoms with E-state index in [1.165, 1.54) is 4.88 Å². The molecule has 0 spiro atoms. The van der Waals surface area contributed by atoms with Gasteiger partial charge in [-0.05, 0) is 59.1 Å². The van der Waals surface area contributed by atoms with Crippen molar-refractivity contribution in [3.05, 3.63) is 29.4 Å². The van der Waals surface area contributed by atoms with E-state index in [2.05, 4.69) is 63.8 Å². The van der Waals surface area contributed by atoms with Crippen molar-refractivity contribution in [2.75, 3.05) is 6.61 Å². The molecule has 4 heterocycles. The molecule has 1 saturated heterocycles. The molecule has 3 aromatic rings. The second-order valence-electron chi connectivity index (χ2n) is 9.36. The molecule has 0 N–H and O–H groups in total. The third-order valence-electron chi connectivity index (χ3n) is 6.32. The van der Waals surface area contributed by atoms with Gasteiger partial charge in [-0.2, -0.15) is 5.10 Å². The molecule has 2 aliphatic rings. The Bertz CT molecular complexity index is 1120. The summed E-state index contributed by atoms with van der Waals surface area (Å²) in [4.78, 5) is 10.6. The maximum Gasteiger partial charge on any atom is 0.494 e. The third kappa shape index (κ3) is 3.39. The summed E-state index contributed by atoms with van der Waals surface area (Å²) in [6.07, 6.45) is 2.40. The van der Waals surface area contributed by atoms with Crippen molar-refractivity contribution in [2.24, 2.45) is 0 Å². The highest BCUT2D eigenvalue weighted by Crippen LogP contribution is 2.41. The Morgan fingerprint density at radius 1 is 1.13 bits per heavy atom. The molecule has 0 amide bonds. The van der Waals surface area contributed by atoms with Gasteiger partial charge < -0.3 is 14.0 Å². The van der Waals surface area contributed by atoms with E-state index in [1.807, 2.05) is 10.7 Å². The van der Waals surface area contributed by atoms with Gasteiger partial charge in [0.1, 0.15) is 12.1 Å². The first-order chi connectivity index (χ1) is 14.7. The topological polar surface area (TPSA) is 71.3 Å². The van der Waals surface area contributed by atoms with Crippen LogP contribution in [0.15, 0.2) is 24.5 Å². The predicted octanol–water partition coefficient (Wildman–Crippen LogP) is 3.88. The Balaban J connectivity index is 1.52. The second-order valence-corrected chi connectivity index (χ2v) is 10.4. The number of hydrogen-bond donors (Lipinski definition) is 0. The number of rotatable bonds is 3. The molecule has 1 aromatic carbocycles. The first-order valence-corrected chi connectivity index (χ1v) is 11.5. The largest absolute Gasteiger partial charge is 0.494 e. The zero-order valence-corrected chi connectivity index (χ0v) is 19.6. The summed E-state index contributed by atoms with van der Waals surface area (Å²) in [6.45, 7) is 13.0. The number of aromatic nitrogens is 4. The van der Waals surface area contributed by atoms with Crippen LogP contribution in [-0.4, -0.2) is 44.7 Å². The van der Waals surface area contributed by atoms with Crippen molar-refractivity contribution < 1.29 is 14.0 Å². The number of fused-ring (bicyclic) bond motifs is 3. The lowest BCUT2D eigenvalue weighted by atomic mass is 9.78. The second kappa shape index (κ2) is 7.15. The Labute approximate surface area is 186 Å². The summed E-state index contributed by atoms with van der Waals surface area (Å²) in [5.74, 6) is 1.62. The summed E-state index contributed by atoms with van der Waals surface area (Å²) in [5, 5.41) is 5.25. The maximum atomic E-state index is 6.22. The molecule has 31 heavy (non-hydrogen) atoms. The van der Waals surface area contributed by atoms with Crippen molar-refractivity contribution in [1.29, 1.82) is 0 Å². The summed E-state index contributed by atoms with van der Waals surface area (Å²) in [6, 6.07) is 6.37. The first-order valence-electron chi connectivity index (χ1n) is 10.7. The van der Waals surface area contributed by atoms with Gasteiger partial charge in [-0.1, -0.05) is 6.07 Å². The predicted molar refractivity (Wildman–Crippen MR) is 122 cm³/mol. The van der Waals surface area contributed by atoms with Crippen LogP contribution >= 0.6 is 11.3 Å². The Kier molecular flexibility index (Phi) is 4.77.